The van der Waals surface area contributed by atoms with Crippen molar-refractivity contribution < 1.29 is 0 Å². The minimum Gasteiger partial charge on any atom is -0.311 e. The Bertz CT molecular complexity index is 315. The van der Waals surface area contributed by atoms with Crippen molar-refractivity contribution in [1.29, 1.82) is 0 Å². The summed E-state index contributed by atoms with van der Waals surface area (Å²) in [7, 11) is 4.13. The van der Waals surface area contributed by atoms with E-state index in [1.54, 1.807) is 0 Å². The molecule has 0 aliphatic heterocycles. The van der Waals surface area contributed by atoms with Crippen LogP contribution >= 0.6 is 27.5 Å². The molecule has 4 heteroatoms. The standard InChI is InChI=1S/C11H16BrClN2/c1-15(2)6-5-14-8-9-7-10(13)3-4-11(9)12/h3-4,7,14H,5-6,8H2,1-2H3. The van der Waals surface area contributed by atoms with Crippen LogP contribution in [-0.4, -0.2) is 32.1 Å². The lowest BCUT2D eigenvalue weighted by Crippen LogP contribution is -2.26. The van der Waals surface area contributed by atoms with Crippen LogP contribution in [0.1, 0.15) is 5.56 Å². The first-order valence-corrected chi connectivity index (χ1v) is 6.06. The van der Waals surface area contributed by atoms with Gasteiger partial charge in [-0.2, -0.15) is 0 Å². The Morgan fingerprint density at radius 3 is 2.80 bits per heavy atom. The maximum absolute atomic E-state index is 5.92. The molecule has 0 aromatic heterocycles. The zero-order valence-corrected chi connectivity index (χ0v) is 11.4. The quantitative estimate of drug-likeness (QED) is 0.839. The maximum atomic E-state index is 5.92. The number of benzene rings is 1. The highest BCUT2D eigenvalue weighted by atomic mass is 79.9. The summed E-state index contributed by atoms with van der Waals surface area (Å²) in [6.45, 7) is 2.86. The highest BCUT2D eigenvalue weighted by Gasteiger charge is 2.00. The minimum absolute atomic E-state index is 0.780. The average Bonchev–Trinajstić information content (AvgIpc) is 2.17. The number of nitrogens with zero attached hydrogens (tertiary/aromatic N) is 1. The summed E-state index contributed by atoms with van der Waals surface area (Å²) in [5.41, 5.74) is 1.20. The third-order valence-electron chi connectivity index (χ3n) is 2.06. The molecule has 2 nitrogen and oxygen atoms in total. The van der Waals surface area contributed by atoms with Gasteiger partial charge in [-0.05, 0) is 37.9 Å². The van der Waals surface area contributed by atoms with Gasteiger partial charge in [0.1, 0.15) is 0 Å². The van der Waals surface area contributed by atoms with Crippen molar-refractivity contribution in [2.24, 2.45) is 0 Å². The number of hydrogen-bond acceptors (Lipinski definition) is 2. The molecule has 0 aliphatic rings. The molecule has 0 fully saturated rings. The molecular formula is C11H16BrClN2. The molecule has 1 aromatic carbocycles. The third kappa shape index (κ3) is 4.98. The van der Waals surface area contributed by atoms with E-state index in [0.29, 0.717) is 0 Å². The molecule has 0 unspecified atom stereocenters. The Morgan fingerprint density at radius 2 is 2.13 bits per heavy atom. The largest absolute Gasteiger partial charge is 0.311 e. The number of likely N-dealkylation sites (N-methyl/N-ethyl adjacent to an activating group) is 1. The van der Waals surface area contributed by atoms with E-state index in [4.69, 9.17) is 11.6 Å². The number of rotatable bonds is 5. The molecule has 84 valence electrons. The van der Waals surface area contributed by atoms with Crippen LogP contribution in [0.5, 0.6) is 0 Å². The van der Waals surface area contributed by atoms with Crippen LogP contribution < -0.4 is 5.32 Å². The van der Waals surface area contributed by atoms with Gasteiger partial charge in [0, 0.05) is 29.1 Å². The monoisotopic (exact) mass is 290 g/mol. The summed E-state index contributed by atoms with van der Waals surface area (Å²) in [6.07, 6.45) is 0. The summed E-state index contributed by atoms with van der Waals surface area (Å²) >= 11 is 9.43. The highest BCUT2D eigenvalue weighted by molar-refractivity contribution is 9.10. The van der Waals surface area contributed by atoms with Crippen LogP contribution in [-0.2, 0) is 6.54 Å². The van der Waals surface area contributed by atoms with Gasteiger partial charge in [0.05, 0.1) is 0 Å². The van der Waals surface area contributed by atoms with Gasteiger partial charge in [0.15, 0.2) is 0 Å². The van der Waals surface area contributed by atoms with Gasteiger partial charge in [-0.25, -0.2) is 0 Å². The van der Waals surface area contributed by atoms with Crippen molar-refractivity contribution in [3.8, 4) is 0 Å². The number of hydrogen-bond donors (Lipinski definition) is 1. The molecule has 0 saturated carbocycles. The summed E-state index contributed by atoms with van der Waals surface area (Å²) < 4.78 is 1.10. The lowest BCUT2D eigenvalue weighted by Gasteiger charge is -2.11. The normalized spacial score (nSPS) is 11.0. The number of halogens is 2. The van der Waals surface area contributed by atoms with E-state index in [1.807, 2.05) is 18.2 Å². The Labute approximate surface area is 105 Å². The average molecular weight is 292 g/mol. The fraction of sp³-hybridized carbons (Fsp3) is 0.455. The van der Waals surface area contributed by atoms with E-state index >= 15 is 0 Å². The highest BCUT2D eigenvalue weighted by Crippen LogP contribution is 2.20. The molecule has 0 aliphatic carbocycles. The van der Waals surface area contributed by atoms with Crippen LogP contribution in [0, 0.1) is 0 Å². The zero-order chi connectivity index (χ0) is 11.3. The van der Waals surface area contributed by atoms with Crippen molar-refractivity contribution in [2.45, 2.75) is 6.54 Å². The van der Waals surface area contributed by atoms with Crippen LogP contribution in [0.4, 0.5) is 0 Å². The Kier molecular flexibility index (Phi) is 5.61. The van der Waals surface area contributed by atoms with Crippen LogP contribution in [0.25, 0.3) is 0 Å². The van der Waals surface area contributed by atoms with Crippen molar-refractivity contribution >= 4 is 27.5 Å². The van der Waals surface area contributed by atoms with Gasteiger partial charge in [-0.15, -0.1) is 0 Å². The molecule has 0 amide bonds. The molecular weight excluding hydrogens is 275 g/mol. The first-order chi connectivity index (χ1) is 7.09. The smallest absolute Gasteiger partial charge is 0.0410 e. The van der Waals surface area contributed by atoms with Gasteiger partial charge in [-0.3, -0.25) is 0 Å². The van der Waals surface area contributed by atoms with Gasteiger partial charge in [0.2, 0.25) is 0 Å². The van der Waals surface area contributed by atoms with Crippen LogP contribution in [0.2, 0.25) is 5.02 Å². The van der Waals surface area contributed by atoms with E-state index < -0.39 is 0 Å². The van der Waals surface area contributed by atoms with Crippen molar-refractivity contribution in [1.82, 2.24) is 10.2 Å². The topological polar surface area (TPSA) is 15.3 Å². The molecule has 0 spiro atoms. The lowest BCUT2D eigenvalue weighted by atomic mass is 10.2. The molecule has 0 radical (unpaired) electrons. The van der Waals surface area contributed by atoms with Crippen molar-refractivity contribution in [3.05, 3.63) is 33.3 Å². The van der Waals surface area contributed by atoms with Crippen LogP contribution in [0.3, 0.4) is 0 Å². The predicted octanol–water partition coefficient (Wildman–Crippen LogP) is 2.75. The molecule has 1 rings (SSSR count). The molecule has 15 heavy (non-hydrogen) atoms. The van der Waals surface area contributed by atoms with Gasteiger partial charge >= 0.3 is 0 Å². The number of nitrogens with one attached hydrogen (secondary N) is 1. The van der Waals surface area contributed by atoms with Gasteiger partial charge < -0.3 is 10.2 Å². The summed E-state index contributed by atoms with van der Waals surface area (Å²) in [5.74, 6) is 0. The van der Waals surface area contributed by atoms with Crippen LogP contribution in [0.15, 0.2) is 22.7 Å². The van der Waals surface area contributed by atoms with E-state index in [9.17, 15) is 0 Å². The molecule has 1 aromatic rings. The second-order valence-electron chi connectivity index (χ2n) is 3.72. The fourth-order valence-electron chi connectivity index (χ4n) is 1.20. The second kappa shape index (κ2) is 6.48. The second-order valence-corrected chi connectivity index (χ2v) is 5.01. The molecule has 0 bridgehead atoms. The SMILES string of the molecule is CN(C)CCNCc1cc(Cl)ccc1Br. The fourth-order valence-corrected chi connectivity index (χ4v) is 1.79. The summed E-state index contributed by atoms with van der Waals surface area (Å²) in [6, 6.07) is 5.84. The lowest BCUT2D eigenvalue weighted by molar-refractivity contribution is 0.400. The summed E-state index contributed by atoms with van der Waals surface area (Å²) in [5, 5.41) is 4.15. The molecule has 1 N–H and O–H groups in total. The van der Waals surface area contributed by atoms with E-state index in [2.05, 4.69) is 40.2 Å². The maximum Gasteiger partial charge on any atom is 0.0410 e. The van der Waals surface area contributed by atoms with Gasteiger partial charge in [-0.1, -0.05) is 27.5 Å². The first kappa shape index (κ1) is 13.0. The minimum atomic E-state index is 0.780. The Morgan fingerprint density at radius 1 is 1.40 bits per heavy atom. The van der Waals surface area contributed by atoms with Crippen molar-refractivity contribution in [2.75, 3.05) is 27.2 Å². The zero-order valence-electron chi connectivity index (χ0n) is 9.06. The first-order valence-electron chi connectivity index (χ1n) is 4.89. The van der Waals surface area contributed by atoms with Gasteiger partial charge in [0.25, 0.3) is 0 Å². The predicted molar refractivity (Wildman–Crippen MR) is 69.4 cm³/mol. The molecule has 0 atom stereocenters. The molecule has 0 heterocycles. The Hall–Kier alpha value is -0.0900. The van der Waals surface area contributed by atoms with Crippen molar-refractivity contribution in [3.63, 3.8) is 0 Å². The van der Waals surface area contributed by atoms with E-state index in [1.165, 1.54) is 5.56 Å². The Balaban J connectivity index is 2.40. The van der Waals surface area contributed by atoms with E-state index in [-0.39, 0.29) is 0 Å². The third-order valence-corrected chi connectivity index (χ3v) is 3.07. The summed E-state index contributed by atoms with van der Waals surface area (Å²) in [4.78, 5) is 2.15. The van der Waals surface area contributed by atoms with E-state index in [0.717, 1.165) is 29.1 Å². The molecule has 0 saturated heterocycles.